The lowest BCUT2D eigenvalue weighted by molar-refractivity contribution is -0.119. The summed E-state index contributed by atoms with van der Waals surface area (Å²) in [4.78, 5) is 32.6. The normalized spacial score (nSPS) is 11.1. The van der Waals surface area contributed by atoms with E-state index < -0.39 is 18.0 Å². The second kappa shape index (κ2) is 8.20. The molecule has 9 nitrogen and oxygen atoms in total. The fourth-order valence-corrected chi connectivity index (χ4v) is 1.84. The Kier molecular flexibility index (Phi) is 5.73. The lowest BCUT2D eigenvalue weighted by atomic mass is 10.1. The molecule has 0 fully saturated rings. The van der Waals surface area contributed by atoms with E-state index in [2.05, 4.69) is 25.3 Å². The third-order valence-corrected chi connectivity index (χ3v) is 2.93. The van der Waals surface area contributed by atoms with Gasteiger partial charge in [-0.2, -0.15) is 0 Å². The van der Waals surface area contributed by atoms with E-state index in [1.807, 2.05) is 18.2 Å². The SMILES string of the molecule is [N-]=[N+]=NC(=O)[C@H](Cc1cnc[nH]1)NC(=O)OCc1ccccc1. The van der Waals surface area contributed by atoms with Crippen LogP contribution in [-0.4, -0.2) is 28.0 Å². The fourth-order valence-electron chi connectivity index (χ4n) is 1.84. The quantitative estimate of drug-likeness (QED) is 0.479. The van der Waals surface area contributed by atoms with Crippen LogP contribution in [0.3, 0.4) is 0 Å². The van der Waals surface area contributed by atoms with E-state index in [0.29, 0.717) is 5.69 Å². The van der Waals surface area contributed by atoms with Gasteiger partial charge in [0.05, 0.1) is 6.33 Å². The minimum Gasteiger partial charge on any atom is -0.445 e. The van der Waals surface area contributed by atoms with Crippen LogP contribution in [0.25, 0.3) is 10.4 Å². The van der Waals surface area contributed by atoms with Crippen molar-refractivity contribution in [1.82, 2.24) is 15.3 Å². The zero-order valence-electron chi connectivity index (χ0n) is 12.0. The van der Waals surface area contributed by atoms with Crippen LogP contribution >= 0.6 is 0 Å². The van der Waals surface area contributed by atoms with Crippen LogP contribution < -0.4 is 5.32 Å². The first-order valence-corrected chi connectivity index (χ1v) is 6.72. The van der Waals surface area contributed by atoms with Crippen molar-refractivity contribution in [3.8, 4) is 0 Å². The Morgan fingerprint density at radius 2 is 2.17 bits per heavy atom. The molecular weight excluding hydrogens is 300 g/mol. The highest BCUT2D eigenvalue weighted by molar-refractivity contribution is 5.86. The predicted molar refractivity (Wildman–Crippen MR) is 80.0 cm³/mol. The number of rotatable bonds is 6. The van der Waals surface area contributed by atoms with Crippen LogP contribution in [0.4, 0.5) is 4.79 Å². The number of carbonyl (C=O) groups is 2. The number of ether oxygens (including phenoxy) is 1. The largest absolute Gasteiger partial charge is 0.445 e. The van der Waals surface area contributed by atoms with Crippen LogP contribution in [-0.2, 0) is 22.6 Å². The number of aromatic nitrogens is 2. The van der Waals surface area contributed by atoms with E-state index in [9.17, 15) is 9.59 Å². The van der Waals surface area contributed by atoms with Gasteiger partial charge in [0.1, 0.15) is 12.6 Å². The first-order valence-electron chi connectivity index (χ1n) is 6.72. The second-order valence-electron chi connectivity index (χ2n) is 4.57. The number of imidazole rings is 1. The molecule has 0 bridgehead atoms. The zero-order valence-corrected chi connectivity index (χ0v) is 12.0. The van der Waals surface area contributed by atoms with Gasteiger partial charge < -0.3 is 15.0 Å². The monoisotopic (exact) mass is 314 g/mol. The summed E-state index contributed by atoms with van der Waals surface area (Å²) in [7, 11) is 0. The minimum atomic E-state index is -1.03. The molecular formula is C14H14N6O3. The van der Waals surface area contributed by atoms with Gasteiger partial charge in [-0.1, -0.05) is 30.3 Å². The Labute approximate surface area is 131 Å². The number of carbonyl (C=O) groups excluding carboxylic acids is 2. The molecule has 0 saturated heterocycles. The number of benzene rings is 1. The summed E-state index contributed by atoms with van der Waals surface area (Å²) in [5.41, 5.74) is 9.80. The number of azide groups is 1. The van der Waals surface area contributed by atoms with Crippen LogP contribution in [0.15, 0.2) is 48.0 Å². The maximum absolute atomic E-state index is 11.8. The number of nitrogens with zero attached hydrogens (tertiary/aromatic N) is 4. The summed E-state index contributed by atoms with van der Waals surface area (Å²) >= 11 is 0. The highest BCUT2D eigenvalue weighted by Crippen LogP contribution is 2.04. The number of hydrogen-bond donors (Lipinski definition) is 2. The van der Waals surface area contributed by atoms with Crippen molar-refractivity contribution < 1.29 is 14.3 Å². The standard InChI is InChI=1S/C14H14N6O3/c15-20-19-13(21)12(6-11-7-16-9-17-11)18-14(22)23-8-10-4-2-1-3-5-10/h1-5,7,9,12H,6,8H2,(H,16,17)(H,18,22)/t12-/m0/s1. The van der Waals surface area contributed by atoms with Gasteiger partial charge >= 0.3 is 6.09 Å². The maximum Gasteiger partial charge on any atom is 0.408 e. The molecule has 23 heavy (non-hydrogen) atoms. The van der Waals surface area contributed by atoms with E-state index >= 15 is 0 Å². The maximum atomic E-state index is 11.8. The lowest BCUT2D eigenvalue weighted by Crippen LogP contribution is -2.41. The fraction of sp³-hybridized carbons (Fsp3) is 0.214. The smallest absolute Gasteiger partial charge is 0.408 e. The molecule has 0 unspecified atom stereocenters. The molecule has 1 heterocycles. The second-order valence-corrected chi connectivity index (χ2v) is 4.57. The first kappa shape index (κ1) is 16.1. The number of H-pyrrole nitrogens is 1. The molecule has 1 aromatic heterocycles. The van der Waals surface area contributed by atoms with E-state index in [0.717, 1.165) is 5.56 Å². The van der Waals surface area contributed by atoms with Gasteiger partial charge in [0, 0.05) is 23.2 Å². The zero-order chi connectivity index (χ0) is 16.5. The Balaban J connectivity index is 1.94. The van der Waals surface area contributed by atoms with Gasteiger partial charge in [0.2, 0.25) is 5.91 Å². The van der Waals surface area contributed by atoms with Gasteiger partial charge in [-0.25, -0.2) is 9.78 Å². The van der Waals surface area contributed by atoms with Gasteiger partial charge in [-0.05, 0) is 16.2 Å². The molecule has 1 aromatic carbocycles. The number of nitrogens with one attached hydrogen (secondary N) is 2. The van der Waals surface area contributed by atoms with Gasteiger partial charge in [-0.3, -0.25) is 4.79 Å². The Morgan fingerprint density at radius 1 is 1.39 bits per heavy atom. The molecule has 0 saturated carbocycles. The predicted octanol–water partition coefficient (Wildman–Crippen LogP) is 2.08. The average Bonchev–Trinajstić information content (AvgIpc) is 3.06. The third-order valence-electron chi connectivity index (χ3n) is 2.93. The third kappa shape index (κ3) is 5.18. The van der Waals surface area contributed by atoms with Crippen molar-refractivity contribution >= 4 is 12.0 Å². The van der Waals surface area contributed by atoms with Crippen molar-refractivity contribution in [3.05, 3.63) is 64.6 Å². The summed E-state index contributed by atoms with van der Waals surface area (Å²) in [5, 5.41) is 5.40. The van der Waals surface area contributed by atoms with Gasteiger partial charge in [0.15, 0.2) is 0 Å². The van der Waals surface area contributed by atoms with Crippen molar-refractivity contribution in [1.29, 1.82) is 0 Å². The summed E-state index contributed by atoms with van der Waals surface area (Å²) < 4.78 is 5.04. The highest BCUT2D eigenvalue weighted by Gasteiger charge is 2.21. The summed E-state index contributed by atoms with van der Waals surface area (Å²) in [5.74, 6) is -0.807. The summed E-state index contributed by atoms with van der Waals surface area (Å²) in [6, 6.07) is 8.07. The van der Waals surface area contributed by atoms with Crippen LogP contribution in [0.5, 0.6) is 0 Å². The summed E-state index contributed by atoms with van der Waals surface area (Å²) in [6.07, 6.45) is 2.28. The molecule has 2 aromatic rings. The van der Waals surface area contributed by atoms with E-state index in [-0.39, 0.29) is 13.0 Å². The molecule has 2 rings (SSSR count). The number of aromatic amines is 1. The van der Waals surface area contributed by atoms with Crippen molar-refractivity contribution in [2.45, 2.75) is 19.1 Å². The molecule has 0 spiro atoms. The van der Waals surface area contributed by atoms with E-state index in [1.54, 1.807) is 12.1 Å². The number of hydrogen-bond acceptors (Lipinski definition) is 4. The molecule has 118 valence electrons. The van der Waals surface area contributed by atoms with Gasteiger partial charge in [0.25, 0.3) is 0 Å². The minimum absolute atomic E-state index is 0.0686. The highest BCUT2D eigenvalue weighted by atomic mass is 16.5. The molecule has 0 radical (unpaired) electrons. The van der Waals surface area contributed by atoms with Crippen LogP contribution in [0.2, 0.25) is 0 Å². The lowest BCUT2D eigenvalue weighted by Gasteiger charge is -2.14. The Bertz CT molecular complexity index is 695. The van der Waals surface area contributed by atoms with E-state index in [4.69, 9.17) is 10.3 Å². The Hall–Kier alpha value is -3.32. The molecule has 1 atom stereocenters. The topological polar surface area (TPSA) is 133 Å². The Morgan fingerprint density at radius 3 is 2.83 bits per heavy atom. The molecule has 2 amide bonds. The van der Waals surface area contributed by atoms with Crippen LogP contribution in [0.1, 0.15) is 11.3 Å². The molecule has 2 N–H and O–H groups in total. The van der Waals surface area contributed by atoms with Crippen molar-refractivity contribution in [3.63, 3.8) is 0 Å². The molecule has 0 aliphatic carbocycles. The number of amides is 2. The van der Waals surface area contributed by atoms with Crippen molar-refractivity contribution in [2.75, 3.05) is 0 Å². The summed E-state index contributed by atoms with van der Waals surface area (Å²) in [6.45, 7) is 0.0686. The van der Waals surface area contributed by atoms with Crippen molar-refractivity contribution in [2.24, 2.45) is 5.11 Å². The van der Waals surface area contributed by atoms with Crippen LogP contribution in [0, 0.1) is 0 Å². The molecule has 9 heteroatoms. The molecule has 0 aliphatic heterocycles. The first-order chi connectivity index (χ1) is 11.2. The number of alkyl carbamates (subject to hydrolysis) is 1. The van der Waals surface area contributed by atoms with E-state index in [1.165, 1.54) is 12.5 Å². The molecule has 0 aliphatic rings. The average molecular weight is 314 g/mol. The van der Waals surface area contributed by atoms with Gasteiger partial charge in [-0.15, -0.1) is 0 Å².